The summed E-state index contributed by atoms with van der Waals surface area (Å²) in [5.74, 6) is -0.981. The van der Waals surface area contributed by atoms with E-state index >= 15 is 0 Å². The molecule has 0 aromatic rings. The summed E-state index contributed by atoms with van der Waals surface area (Å²) in [4.78, 5) is 38.0. The number of ether oxygens (including phenoxy) is 3. The summed E-state index contributed by atoms with van der Waals surface area (Å²) >= 11 is 0. The van der Waals surface area contributed by atoms with Gasteiger partial charge >= 0.3 is 17.9 Å². The van der Waals surface area contributed by atoms with Gasteiger partial charge in [0.15, 0.2) is 6.10 Å². The van der Waals surface area contributed by atoms with Crippen molar-refractivity contribution in [2.75, 3.05) is 13.2 Å². The van der Waals surface area contributed by atoms with Crippen molar-refractivity contribution in [2.24, 2.45) is 0 Å². The lowest BCUT2D eigenvalue weighted by Gasteiger charge is -2.18. The van der Waals surface area contributed by atoms with Crippen LogP contribution in [-0.4, -0.2) is 37.2 Å². The van der Waals surface area contributed by atoms with Gasteiger partial charge in [-0.3, -0.25) is 14.4 Å². The first kappa shape index (κ1) is 60.1. The van der Waals surface area contributed by atoms with Crippen molar-refractivity contribution < 1.29 is 28.6 Å². The third-order valence-corrected chi connectivity index (χ3v) is 10.6. The van der Waals surface area contributed by atoms with E-state index in [2.05, 4.69) is 130 Å². The van der Waals surface area contributed by atoms with Crippen LogP contribution in [0.4, 0.5) is 0 Å². The van der Waals surface area contributed by atoms with Gasteiger partial charge in [-0.25, -0.2) is 0 Å². The fraction of sp³-hybridized carbons (Fsp3) is 0.638. The normalized spacial score (nSPS) is 13.0. The molecule has 0 bridgehead atoms. The first-order valence-electron chi connectivity index (χ1n) is 25.9. The van der Waals surface area contributed by atoms with Crippen molar-refractivity contribution >= 4 is 17.9 Å². The maximum atomic E-state index is 12.8. The molecule has 0 radical (unpaired) electrons. The van der Waals surface area contributed by atoms with E-state index in [1.807, 2.05) is 0 Å². The molecule has 0 saturated carbocycles. The van der Waals surface area contributed by atoms with E-state index in [-0.39, 0.29) is 31.1 Å². The van der Waals surface area contributed by atoms with Crippen LogP contribution >= 0.6 is 0 Å². The molecule has 1 unspecified atom stereocenters. The molecule has 0 aromatic heterocycles. The van der Waals surface area contributed by atoms with Gasteiger partial charge in [0.2, 0.25) is 0 Å². The Morgan fingerprint density at radius 3 is 1.16 bits per heavy atom. The van der Waals surface area contributed by atoms with Gasteiger partial charge in [0.1, 0.15) is 13.2 Å². The number of allylic oxidation sites excluding steroid dienone is 18. The summed E-state index contributed by atoms with van der Waals surface area (Å²) in [5.41, 5.74) is 0. The fourth-order valence-corrected chi connectivity index (χ4v) is 6.70. The molecule has 1 atom stereocenters. The van der Waals surface area contributed by atoms with Crippen LogP contribution < -0.4 is 0 Å². The summed E-state index contributed by atoms with van der Waals surface area (Å²) in [6.45, 7) is 6.31. The Balaban J connectivity index is 4.50. The van der Waals surface area contributed by atoms with Crippen LogP contribution in [-0.2, 0) is 28.6 Å². The minimum Gasteiger partial charge on any atom is -0.462 e. The Kier molecular flexibility index (Phi) is 48.5. The van der Waals surface area contributed by atoms with Gasteiger partial charge in [-0.15, -0.1) is 0 Å². The summed E-state index contributed by atoms with van der Waals surface area (Å²) < 4.78 is 16.7. The Hall–Kier alpha value is -3.93. The first-order chi connectivity index (χ1) is 31.5. The summed E-state index contributed by atoms with van der Waals surface area (Å²) in [6, 6.07) is 0. The topological polar surface area (TPSA) is 78.9 Å². The molecular formula is C58H94O6. The van der Waals surface area contributed by atoms with Crippen LogP contribution in [0, 0.1) is 0 Å². The molecular weight excluding hydrogens is 793 g/mol. The fourth-order valence-electron chi connectivity index (χ4n) is 6.70. The Morgan fingerprint density at radius 1 is 0.344 bits per heavy atom. The third-order valence-electron chi connectivity index (χ3n) is 10.6. The minimum atomic E-state index is -0.809. The molecule has 0 aliphatic rings. The number of unbranched alkanes of at least 4 members (excludes halogenated alkanes) is 18. The minimum absolute atomic E-state index is 0.107. The summed E-state index contributed by atoms with van der Waals surface area (Å²) in [6.07, 6.45) is 69.3. The predicted molar refractivity (Wildman–Crippen MR) is 274 cm³/mol. The number of hydrogen-bond acceptors (Lipinski definition) is 6. The quantitative estimate of drug-likeness (QED) is 0.0199. The van der Waals surface area contributed by atoms with Crippen molar-refractivity contribution in [1.29, 1.82) is 0 Å². The molecule has 0 spiro atoms. The lowest BCUT2D eigenvalue weighted by Crippen LogP contribution is -2.30. The molecule has 0 N–H and O–H groups in total. The molecule has 64 heavy (non-hydrogen) atoms. The maximum absolute atomic E-state index is 12.8. The van der Waals surface area contributed by atoms with Gasteiger partial charge in [0.25, 0.3) is 0 Å². The van der Waals surface area contributed by atoms with E-state index in [4.69, 9.17) is 14.2 Å². The van der Waals surface area contributed by atoms with Crippen LogP contribution in [0.25, 0.3) is 0 Å². The largest absolute Gasteiger partial charge is 0.462 e. The third kappa shape index (κ3) is 49.1. The van der Waals surface area contributed by atoms with Crippen LogP contribution in [0.1, 0.15) is 220 Å². The SMILES string of the molecule is CC\C=C/C=C\C=C/CCCCCCCC(=O)OCC(COC(=O)CCCCC/C=C\C/C=C\C/C=C\C/C=C\C/C=C\CC)OC(=O)CCCCC/C=C\CCCCCCCCC. The van der Waals surface area contributed by atoms with E-state index in [1.165, 1.54) is 44.9 Å². The lowest BCUT2D eigenvalue weighted by molar-refractivity contribution is -0.167. The van der Waals surface area contributed by atoms with Crippen molar-refractivity contribution in [3.05, 3.63) is 109 Å². The van der Waals surface area contributed by atoms with E-state index in [9.17, 15) is 14.4 Å². The van der Waals surface area contributed by atoms with Crippen molar-refractivity contribution in [3.63, 3.8) is 0 Å². The molecule has 0 aliphatic heterocycles. The van der Waals surface area contributed by atoms with Gasteiger partial charge in [-0.05, 0) is 109 Å². The highest BCUT2D eigenvalue weighted by Crippen LogP contribution is 2.13. The molecule has 6 nitrogen and oxygen atoms in total. The second-order valence-electron chi connectivity index (χ2n) is 16.7. The molecule has 0 aromatic carbocycles. The average Bonchev–Trinajstić information content (AvgIpc) is 3.29. The van der Waals surface area contributed by atoms with Gasteiger partial charge < -0.3 is 14.2 Å². The molecule has 0 heterocycles. The lowest BCUT2D eigenvalue weighted by atomic mass is 10.1. The van der Waals surface area contributed by atoms with Crippen LogP contribution in [0.2, 0.25) is 0 Å². The van der Waals surface area contributed by atoms with E-state index in [1.54, 1.807) is 0 Å². The monoisotopic (exact) mass is 887 g/mol. The Bertz CT molecular complexity index is 1340. The van der Waals surface area contributed by atoms with Crippen molar-refractivity contribution in [1.82, 2.24) is 0 Å². The van der Waals surface area contributed by atoms with E-state index < -0.39 is 6.10 Å². The smallest absolute Gasteiger partial charge is 0.306 e. The maximum Gasteiger partial charge on any atom is 0.306 e. The zero-order valence-electron chi connectivity index (χ0n) is 41.3. The second-order valence-corrected chi connectivity index (χ2v) is 16.7. The van der Waals surface area contributed by atoms with Crippen LogP contribution in [0.3, 0.4) is 0 Å². The number of rotatable bonds is 45. The number of esters is 3. The highest BCUT2D eigenvalue weighted by Gasteiger charge is 2.19. The molecule has 6 heteroatoms. The van der Waals surface area contributed by atoms with Gasteiger partial charge in [-0.1, -0.05) is 201 Å². The van der Waals surface area contributed by atoms with Gasteiger partial charge in [0.05, 0.1) is 0 Å². The molecule has 362 valence electrons. The predicted octanol–water partition coefficient (Wildman–Crippen LogP) is 17.1. The van der Waals surface area contributed by atoms with Gasteiger partial charge in [0, 0.05) is 19.3 Å². The Morgan fingerprint density at radius 2 is 0.688 bits per heavy atom. The second kappa shape index (κ2) is 51.7. The average molecular weight is 887 g/mol. The van der Waals surface area contributed by atoms with Crippen LogP contribution in [0.5, 0.6) is 0 Å². The number of carbonyl (C=O) groups excluding carboxylic acids is 3. The standard InChI is InChI=1S/C58H94O6/c1-4-7-10-13-16-19-22-25-27-28-29-30-31-34-36-39-42-45-48-51-57(60)63-54-55(53-62-56(59)50-47-44-41-38-35-32-24-21-18-15-12-9-6-3)64-58(61)52-49-46-43-40-37-33-26-23-20-17-14-11-8-5-2/h7,9-10,12,15-16,18-19,21,24-25,27,29-30,33-34,36-37,55H,4-6,8,11,13-14,17,20,22-23,26,28,31-32,35,38-54H2,1-3H3/b10-7-,12-9-,18-15-,19-16-,24-21-,27-25-,30-29-,36-34-,37-33-. The Labute approximate surface area is 393 Å². The van der Waals surface area contributed by atoms with Gasteiger partial charge in [-0.2, -0.15) is 0 Å². The highest BCUT2D eigenvalue weighted by atomic mass is 16.6. The number of hydrogen-bond donors (Lipinski definition) is 0. The van der Waals surface area contributed by atoms with Crippen molar-refractivity contribution in [2.45, 2.75) is 226 Å². The first-order valence-corrected chi connectivity index (χ1v) is 25.9. The van der Waals surface area contributed by atoms with Crippen LogP contribution in [0.15, 0.2) is 109 Å². The number of carbonyl (C=O) groups is 3. The summed E-state index contributed by atoms with van der Waals surface area (Å²) in [7, 11) is 0. The highest BCUT2D eigenvalue weighted by molar-refractivity contribution is 5.71. The molecule has 0 amide bonds. The molecule has 0 rings (SSSR count). The summed E-state index contributed by atoms with van der Waals surface area (Å²) in [5, 5.41) is 0. The molecule has 0 saturated heterocycles. The van der Waals surface area contributed by atoms with E-state index in [0.29, 0.717) is 19.3 Å². The zero-order chi connectivity index (χ0) is 46.5. The van der Waals surface area contributed by atoms with Crippen molar-refractivity contribution in [3.8, 4) is 0 Å². The molecule has 0 aliphatic carbocycles. The van der Waals surface area contributed by atoms with E-state index in [0.717, 1.165) is 135 Å². The molecule has 0 fully saturated rings. The zero-order valence-corrected chi connectivity index (χ0v) is 41.3.